The van der Waals surface area contributed by atoms with E-state index >= 15 is 0 Å². The minimum absolute atomic E-state index is 0.0131. The number of hydrogen-bond acceptors (Lipinski definition) is 5. The lowest BCUT2D eigenvalue weighted by Gasteiger charge is -2.13. The van der Waals surface area contributed by atoms with Crippen LogP contribution in [0.2, 0.25) is 0 Å². The molecule has 0 bridgehead atoms. The number of nitrogens with one attached hydrogen (secondary N) is 1. The van der Waals surface area contributed by atoms with Gasteiger partial charge in [0.05, 0.1) is 5.75 Å². The molecule has 5 nitrogen and oxygen atoms in total. The molecule has 0 radical (unpaired) electrons. The summed E-state index contributed by atoms with van der Waals surface area (Å²) in [7, 11) is 0. The summed E-state index contributed by atoms with van der Waals surface area (Å²) in [6, 6.07) is 7.86. The van der Waals surface area contributed by atoms with Crippen LogP contribution in [0.25, 0.3) is 11.5 Å². The fourth-order valence-electron chi connectivity index (χ4n) is 1.90. The third-order valence-electron chi connectivity index (χ3n) is 3.16. The second-order valence-corrected chi connectivity index (χ2v) is 6.60. The van der Waals surface area contributed by atoms with Crippen LogP contribution in [0.3, 0.4) is 0 Å². The highest BCUT2D eigenvalue weighted by atomic mass is 79.9. The van der Waals surface area contributed by atoms with Crippen LogP contribution in [0, 0.1) is 0 Å². The van der Waals surface area contributed by atoms with Crippen LogP contribution in [0.5, 0.6) is 0 Å². The first kappa shape index (κ1) is 17.0. The van der Waals surface area contributed by atoms with E-state index in [4.69, 9.17) is 4.42 Å². The lowest BCUT2D eigenvalue weighted by Crippen LogP contribution is -2.34. The average molecular weight is 384 g/mol. The number of rotatable bonds is 7. The van der Waals surface area contributed by atoms with Crippen LogP contribution >= 0.6 is 27.7 Å². The molecule has 0 aliphatic rings. The van der Waals surface area contributed by atoms with Crippen molar-refractivity contribution in [1.29, 1.82) is 0 Å². The predicted molar refractivity (Wildman–Crippen MR) is 90.7 cm³/mol. The second-order valence-electron chi connectivity index (χ2n) is 4.75. The quantitative estimate of drug-likeness (QED) is 0.734. The summed E-state index contributed by atoms with van der Waals surface area (Å²) in [5.41, 5.74) is 0.843. The molecule has 0 aliphatic heterocycles. The van der Waals surface area contributed by atoms with Gasteiger partial charge in [-0.3, -0.25) is 4.79 Å². The minimum atomic E-state index is -0.0131. The Morgan fingerprint density at radius 3 is 2.82 bits per heavy atom. The molecule has 0 unspecified atom stereocenters. The second kappa shape index (κ2) is 8.33. The Hall–Kier alpha value is -1.34. The van der Waals surface area contributed by atoms with Crippen LogP contribution < -0.4 is 5.32 Å². The van der Waals surface area contributed by atoms with Crippen molar-refractivity contribution in [2.75, 3.05) is 5.75 Å². The van der Waals surface area contributed by atoms with E-state index in [0.29, 0.717) is 11.1 Å². The van der Waals surface area contributed by atoms with Crippen molar-refractivity contribution in [2.24, 2.45) is 0 Å². The molecule has 1 heterocycles. The summed E-state index contributed by atoms with van der Waals surface area (Å²) in [5.74, 6) is 0.710. The molecule has 2 rings (SSSR count). The molecule has 1 aromatic carbocycles. The van der Waals surface area contributed by atoms with Crippen molar-refractivity contribution in [2.45, 2.75) is 38.0 Å². The van der Waals surface area contributed by atoms with Gasteiger partial charge in [-0.15, -0.1) is 10.2 Å². The standard InChI is InChI=1S/C15H18BrN3O2S/c1-3-12(4-2)17-13(20)9-22-15-19-18-14(21-15)10-6-5-7-11(16)8-10/h5-8,12H,3-4,9H2,1-2H3,(H,17,20). The fraction of sp³-hybridized carbons (Fsp3) is 0.400. The van der Waals surface area contributed by atoms with E-state index in [1.807, 2.05) is 24.3 Å². The van der Waals surface area contributed by atoms with Crippen molar-refractivity contribution in [3.63, 3.8) is 0 Å². The zero-order chi connectivity index (χ0) is 15.9. The lowest BCUT2D eigenvalue weighted by molar-refractivity contribution is -0.119. The summed E-state index contributed by atoms with van der Waals surface area (Å²) in [6.45, 7) is 4.12. The molecule has 2 aromatic rings. The normalized spacial score (nSPS) is 10.9. The van der Waals surface area contributed by atoms with Gasteiger partial charge in [-0.1, -0.05) is 47.6 Å². The molecule has 118 valence electrons. The predicted octanol–water partition coefficient (Wildman–Crippen LogP) is 3.90. The van der Waals surface area contributed by atoms with Crippen molar-refractivity contribution in [3.8, 4) is 11.5 Å². The first-order valence-electron chi connectivity index (χ1n) is 7.14. The van der Waals surface area contributed by atoms with Crippen molar-refractivity contribution < 1.29 is 9.21 Å². The number of hydrogen-bond donors (Lipinski definition) is 1. The van der Waals surface area contributed by atoms with Gasteiger partial charge >= 0.3 is 0 Å². The maximum absolute atomic E-state index is 11.8. The Morgan fingerprint density at radius 1 is 1.36 bits per heavy atom. The molecule has 1 amide bonds. The van der Waals surface area contributed by atoms with Gasteiger partial charge in [0.25, 0.3) is 5.22 Å². The Kier molecular flexibility index (Phi) is 6.45. The molecule has 0 saturated carbocycles. The Bertz CT molecular complexity index is 629. The molecule has 0 saturated heterocycles. The Balaban J connectivity index is 1.91. The molecule has 0 atom stereocenters. The average Bonchev–Trinajstić information content (AvgIpc) is 2.99. The minimum Gasteiger partial charge on any atom is -0.411 e. The Labute approximate surface area is 142 Å². The number of benzene rings is 1. The van der Waals surface area contributed by atoms with Crippen molar-refractivity contribution in [1.82, 2.24) is 15.5 Å². The van der Waals surface area contributed by atoms with Crippen LogP contribution in [0.15, 0.2) is 38.4 Å². The first-order chi connectivity index (χ1) is 10.6. The molecule has 1 N–H and O–H groups in total. The van der Waals surface area contributed by atoms with Gasteiger partial charge in [0.15, 0.2) is 0 Å². The smallest absolute Gasteiger partial charge is 0.277 e. The van der Waals surface area contributed by atoms with E-state index < -0.39 is 0 Å². The molecule has 7 heteroatoms. The van der Waals surface area contributed by atoms with E-state index in [0.717, 1.165) is 22.9 Å². The summed E-state index contributed by atoms with van der Waals surface area (Å²) in [4.78, 5) is 11.8. The Morgan fingerprint density at radius 2 is 2.14 bits per heavy atom. The molecule has 0 aliphatic carbocycles. The van der Waals surface area contributed by atoms with E-state index in [1.54, 1.807) is 0 Å². The lowest BCUT2D eigenvalue weighted by atomic mass is 10.2. The number of aromatic nitrogens is 2. The van der Waals surface area contributed by atoms with Gasteiger partial charge in [-0.05, 0) is 31.0 Å². The monoisotopic (exact) mass is 383 g/mol. The van der Waals surface area contributed by atoms with Gasteiger partial charge < -0.3 is 9.73 Å². The van der Waals surface area contributed by atoms with Gasteiger partial charge in [-0.2, -0.15) is 0 Å². The molecule has 1 aromatic heterocycles. The molecular formula is C15H18BrN3O2S. The van der Waals surface area contributed by atoms with Gasteiger partial charge in [0.2, 0.25) is 11.8 Å². The highest BCUT2D eigenvalue weighted by Crippen LogP contribution is 2.25. The third-order valence-corrected chi connectivity index (χ3v) is 4.47. The van der Waals surface area contributed by atoms with Crippen molar-refractivity contribution >= 4 is 33.6 Å². The maximum Gasteiger partial charge on any atom is 0.277 e. The molecule has 0 spiro atoms. The van der Waals surface area contributed by atoms with Gasteiger partial charge in [-0.25, -0.2) is 0 Å². The highest BCUT2D eigenvalue weighted by Gasteiger charge is 2.13. The van der Waals surface area contributed by atoms with Crippen LogP contribution in [0.4, 0.5) is 0 Å². The van der Waals surface area contributed by atoms with Crippen LogP contribution in [-0.2, 0) is 4.79 Å². The zero-order valence-corrected chi connectivity index (χ0v) is 14.9. The summed E-state index contributed by atoms with van der Waals surface area (Å²) >= 11 is 4.65. The number of carbonyl (C=O) groups is 1. The number of amides is 1. The largest absolute Gasteiger partial charge is 0.411 e. The number of halogens is 1. The van der Waals surface area contributed by atoms with E-state index in [9.17, 15) is 4.79 Å². The van der Waals surface area contributed by atoms with Gasteiger partial charge in [0, 0.05) is 16.1 Å². The van der Waals surface area contributed by atoms with Crippen LogP contribution in [0.1, 0.15) is 26.7 Å². The first-order valence-corrected chi connectivity index (χ1v) is 8.91. The maximum atomic E-state index is 11.8. The number of carbonyl (C=O) groups excluding carboxylic acids is 1. The summed E-state index contributed by atoms with van der Waals surface area (Å²) in [5, 5.41) is 11.3. The van der Waals surface area contributed by atoms with E-state index in [2.05, 4.69) is 45.3 Å². The highest BCUT2D eigenvalue weighted by molar-refractivity contribution is 9.10. The van der Waals surface area contributed by atoms with Crippen LogP contribution in [-0.4, -0.2) is 27.9 Å². The molecule has 0 fully saturated rings. The van der Waals surface area contributed by atoms with Crippen molar-refractivity contribution in [3.05, 3.63) is 28.7 Å². The molecular weight excluding hydrogens is 366 g/mol. The SMILES string of the molecule is CCC(CC)NC(=O)CSc1nnc(-c2cccc(Br)c2)o1. The molecule has 22 heavy (non-hydrogen) atoms. The van der Waals surface area contributed by atoms with E-state index in [-0.39, 0.29) is 17.7 Å². The number of thioether (sulfide) groups is 1. The number of nitrogens with zero attached hydrogens (tertiary/aromatic N) is 2. The van der Waals surface area contributed by atoms with Gasteiger partial charge in [0.1, 0.15) is 0 Å². The fourth-order valence-corrected chi connectivity index (χ4v) is 2.87. The summed E-state index contributed by atoms with van der Waals surface area (Å²) < 4.78 is 6.52. The zero-order valence-electron chi connectivity index (χ0n) is 12.5. The topological polar surface area (TPSA) is 68.0 Å². The third kappa shape index (κ3) is 4.84. The summed E-state index contributed by atoms with van der Waals surface area (Å²) in [6.07, 6.45) is 1.86. The van der Waals surface area contributed by atoms with E-state index in [1.165, 1.54) is 11.8 Å².